The average Bonchev–Trinajstić information content (AvgIpc) is 2.35. The second-order valence-corrected chi connectivity index (χ2v) is 6.38. The number of hydrogen-bond donors (Lipinski definition) is 0. The summed E-state index contributed by atoms with van der Waals surface area (Å²) in [6.45, 7) is 6.50. The van der Waals surface area contributed by atoms with Gasteiger partial charge in [0.25, 0.3) is 0 Å². The monoisotopic (exact) mass is 286 g/mol. The molecule has 6 nitrogen and oxygen atoms in total. The predicted octanol–water partition coefficient (Wildman–Crippen LogP) is 1.49. The summed E-state index contributed by atoms with van der Waals surface area (Å²) >= 11 is 0. The number of amides is 1. The molecule has 1 heterocycles. The lowest BCUT2D eigenvalue weighted by molar-refractivity contribution is -0.157. The highest BCUT2D eigenvalue weighted by atomic mass is 16.6. The van der Waals surface area contributed by atoms with Crippen LogP contribution < -0.4 is 0 Å². The van der Waals surface area contributed by atoms with Crippen molar-refractivity contribution in [2.75, 3.05) is 34.3 Å². The van der Waals surface area contributed by atoms with Gasteiger partial charge in [0.2, 0.25) is 0 Å². The summed E-state index contributed by atoms with van der Waals surface area (Å²) < 4.78 is 10.3. The lowest BCUT2D eigenvalue weighted by Gasteiger charge is -2.43. The number of ether oxygens (including phenoxy) is 2. The topological polar surface area (TPSA) is 59.1 Å². The van der Waals surface area contributed by atoms with E-state index in [0.29, 0.717) is 25.9 Å². The first kappa shape index (κ1) is 16.8. The fourth-order valence-corrected chi connectivity index (χ4v) is 2.41. The second kappa shape index (κ2) is 5.99. The Labute approximate surface area is 121 Å². The van der Waals surface area contributed by atoms with Gasteiger partial charge in [0.15, 0.2) is 0 Å². The van der Waals surface area contributed by atoms with Crippen molar-refractivity contribution in [2.45, 2.75) is 44.8 Å². The van der Waals surface area contributed by atoms with Crippen molar-refractivity contribution in [1.29, 1.82) is 0 Å². The van der Waals surface area contributed by atoms with Gasteiger partial charge in [0.05, 0.1) is 7.11 Å². The summed E-state index contributed by atoms with van der Waals surface area (Å²) in [6, 6.07) is 0. The molecule has 1 rings (SSSR count). The molecule has 0 aromatic rings. The molecule has 0 bridgehead atoms. The Balaban J connectivity index is 2.70. The molecule has 0 unspecified atom stereocenters. The molecule has 0 spiro atoms. The molecule has 1 amide bonds. The minimum atomic E-state index is -0.646. The third-order valence-corrected chi connectivity index (χ3v) is 3.66. The Morgan fingerprint density at radius 1 is 1.15 bits per heavy atom. The molecule has 0 radical (unpaired) electrons. The highest BCUT2D eigenvalue weighted by Crippen LogP contribution is 2.29. The first-order chi connectivity index (χ1) is 9.12. The van der Waals surface area contributed by atoms with Crippen molar-refractivity contribution in [3.63, 3.8) is 0 Å². The van der Waals surface area contributed by atoms with Crippen LogP contribution in [0.5, 0.6) is 0 Å². The zero-order valence-electron chi connectivity index (χ0n) is 13.4. The van der Waals surface area contributed by atoms with Crippen molar-refractivity contribution in [2.24, 2.45) is 0 Å². The minimum absolute atomic E-state index is 0.244. The van der Waals surface area contributed by atoms with E-state index in [4.69, 9.17) is 9.47 Å². The van der Waals surface area contributed by atoms with E-state index < -0.39 is 11.1 Å². The van der Waals surface area contributed by atoms with E-state index in [0.717, 1.165) is 0 Å². The number of likely N-dealkylation sites (N-methyl/N-ethyl adjacent to an activating group) is 1. The van der Waals surface area contributed by atoms with E-state index in [1.54, 1.807) is 4.90 Å². The largest absolute Gasteiger partial charge is 0.468 e. The molecule has 1 saturated heterocycles. The average molecular weight is 286 g/mol. The first-order valence-electron chi connectivity index (χ1n) is 6.86. The van der Waals surface area contributed by atoms with E-state index in [2.05, 4.69) is 0 Å². The minimum Gasteiger partial charge on any atom is -0.468 e. The van der Waals surface area contributed by atoms with Gasteiger partial charge < -0.3 is 14.4 Å². The molecule has 6 heteroatoms. The Hall–Kier alpha value is -1.30. The SMILES string of the molecule is COC(=O)C1(N(C)C)CCN(C(=O)OC(C)(C)C)CC1. The summed E-state index contributed by atoms with van der Waals surface area (Å²) in [4.78, 5) is 27.6. The van der Waals surface area contributed by atoms with Crippen LogP contribution in [0.4, 0.5) is 4.79 Å². The van der Waals surface area contributed by atoms with E-state index in [1.807, 2.05) is 39.8 Å². The van der Waals surface area contributed by atoms with Crippen LogP contribution in [0.2, 0.25) is 0 Å². The summed E-state index contributed by atoms with van der Waals surface area (Å²) in [7, 11) is 5.12. The third kappa shape index (κ3) is 3.62. The van der Waals surface area contributed by atoms with Gasteiger partial charge in [-0.25, -0.2) is 4.79 Å². The van der Waals surface area contributed by atoms with Gasteiger partial charge in [-0.2, -0.15) is 0 Å². The van der Waals surface area contributed by atoms with E-state index in [-0.39, 0.29) is 12.1 Å². The van der Waals surface area contributed by atoms with Crippen LogP contribution in [0.25, 0.3) is 0 Å². The molecule has 116 valence electrons. The van der Waals surface area contributed by atoms with Gasteiger partial charge in [-0.15, -0.1) is 0 Å². The van der Waals surface area contributed by atoms with Gasteiger partial charge in [0.1, 0.15) is 11.1 Å². The zero-order chi connectivity index (χ0) is 15.6. The maximum absolute atomic E-state index is 12.0. The molecule has 0 aromatic carbocycles. The second-order valence-electron chi connectivity index (χ2n) is 6.38. The van der Waals surface area contributed by atoms with E-state index in [1.165, 1.54) is 7.11 Å². The van der Waals surface area contributed by atoms with Gasteiger partial charge >= 0.3 is 12.1 Å². The third-order valence-electron chi connectivity index (χ3n) is 3.66. The van der Waals surface area contributed by atoms with Gasteiger partial charge in [0, 0.05) is 13.1 Å². The van der Waals surface area contributed by atoms with Crippen molar-refractivity contribution < 1.29 is 19.1 Å². The fraction of sp³-hybridized carbons (Fsp3) is 0.857. The summed E-state index contributed by atoms with van der Waals surface area (Å²) in [5.74, 6) is -0.244. The Bertz CT molecular complexity index is 366. The molecule has 0 aromatic heterocycles. The molecule has 0 saturated carbocycles. The van der Waals surface area contributed by atoms with Crippen molar-refractivity contribution >= 4 is 12.1 Å². The quantitative estimate of drug-likeness (QED) is 0.720. The number of carbonyl (C=O) groups is 2. The standard InChI is InChI=1S/C14H26N2O4/c1-13(2,3)20-12(18)16-9-7-14(8-10-16,15(4)5)11(17)19-6/h7-10H2,1-6H3. The molecule has 0 atom stereocenters. The van der Waals surface area contributed by atoms with E-state index in [9.17, 15) is 9.59 Å². The highest BCUT2D eigenvalue weighted by molar-refractivity contribution is 5.81. The first-order valence-corrected chi connectivity index (χ1v) is 6.86. The zero-order valence-corrected chi connectivity index (χ0v) is 13.4. The lowest BCUT2D eigenvalue weighted by atomic mass is 9.86. The van der Waals surface area contributed by atoms with Crippen LogP contribution in [0.1, 0.15) is 33.6 Å². The van der Waals surface area contributed by atoms with Crippen LogP contribution in [0.15, 0.2) is 0 Å². The molecular formula is C14H26N2O4. The maximum Gasteiger partial charge on any atom is 0.410 e. The number of likely N-dealkylation sites (tertiary alicyclic amines) is 1. The van der Waals surface area contributed by atoms with Gasteiger partial charge in [-0.1, -0.05) is 0 Å². The molecule has 1 fully saturated rings. The lowest BCUT2D eigenvalue weighted by Crippen LogP contribution is -2.59. The maximum atomic E-state index is 12.0. The van der Waals surface area contributed by atoms with E-state index >= 15 is 0 Å². The Morgan fingerprint density at radius 3 is 2.00 bits per heavy atom. The Kier molecular flexibility index (Phi) is 5.02. The molecule has 1 aliphatic rings. The molecule has 0 N–H and O–H groups in total. The normalized spacial score (nSPS) is 18.9. The number of esters is 1. The smallest absolute Gasteiger partial charge is 0.410 e. The fourth-order valence-electron chi connectivity index (χ4n) is 2.41. The van der Waals surface area contributed by atoms with Crippen molar-refractivity contribution in [3.8, 4) is 0 Å². The summed E-state index contributed by atoms with van der Waals surface area (Å²) in [6.07, 6.45) is 0.771. The molecule has 20 heavy (non-hydrogen) atoms. The highest BCUT2D eigenvalue weighted by Gasteiger charge is 2.45. The predicted molar refractivity (Wildman–Crippen MR) is 75.5 cm³/mol. The number of piperidine rings is 1. The number of rotatable bonds is 2. The van der Waals surface area contributed by atoms with Crippen LogP contribution in [0.3, 0.4) is 0 Å². The van der Waals surface area contributed by atoms with Crippen LogP contribution in [-0.2, 0) is 14.3 Å². The number of methoxy groups -OCH3 is 1. The van der Waals surface area contributed by atoms with Crippen LogP contribution in [0, 0.1) is 0 Å². The van der Waals surface area contributed by atoms with Gasteiger partial charge in [-0.3, -0.25) is 9.69 Å². The Morgan fingerprint density at radius 2 is 1.65 bits per heavy atom. The molecular weight excluding hydrogens is 260 g/mol. The number of nitrogens with zero attached hydrogens (tertiary/aromatic N) is 2. The number of carbonyl (C=O) groups excluding carboxylic acids is 2. The summed E-state index contributed by atoms with van der Waals surface area (Å²) in [5.41, 5.74) is -1.15. The van der Waals surface area contributed by atoms with Gasteiger partial charge in [-0.05, 0) is 47.7 Å². The molecule has 0 aliphatic carbocycles. The van der Waals surface area contributed by atoms with Crippen molar-refractivity contribution in [1.82, 2.24) is 9.80 Å². The van der Waals surface area contributed by atoms with Crippen molar-refractivity contribution in [3.05, 3.63) is 0 Å². The summed E-state index contributed by atoms with van der Waals surface area (Å²) in [5, 5.41) is 0. The van der Waals surface area contributed by atoms with Crippen LogP contribution >= 0.6 is 0 Å². The molecule has 1 aliphatic heterocycles. The number of hydrogen-bond acceptors (Lipinski definition) is 5. The van der Waals surface area contributed by atoms with Crippen LogP contribution in [-0.4, -0.2) is 67.3 Å².